The standard InChI is InChI=1S/C14H24N2O/c1-11-6-5-7-13(8-11)12(2)15-9-14(17)10-16(3)4/h5-8,12,14-15,17H,9-10H2,1-4H3/t12-,14-/m0/s1. The predicted octanol–water partition coefficient (Wildman–Crippen LogP) is 1.57. The third kappa shape index (κ3) is 5.31. The van der Waals surface area contributed by atoms with E-state index < -0.39 is 0 Å². The van der Waals surface area contributed by atoms with Crippen LogP contribution in [0.15, 0.2) is 24.3 Å². The van der Waals surface area contributed by atoms with Gasteiger partial charge in [-0.3, -0.25) is 0 Å². The summed E-state index contributed by atoms with van der Waals surface area (Å²) in [6.45, 7) is 5.52. The van der Waals surface area contributed by atoms with Crippen LogP contribution in [0.3, 0.4) is 0 Å². The van der Waals surface area contributed by atoms with Gasteiger partial charge in [-0.05, 0) is 33.5 Å². The molecule has 0 heterocycles. The molecule has 1 aromatic carbocycles. The fourth-order valence-electron chi connectivity index (χ4n) is 1.86. The van der Waals surface area contributed by atoms with Crippen molar-refractivity contribution in [1.82, 2.24) is 10.2 Å². The Morgan fingerprint density at radius 2 is 2.06 bits per heavy atom. The summed E-state index contributed by atoms with van der Waals surface area (Å²) < 4.78 is 0. The molecule has 2 atom stereocenters. The van der Waals surface area contributed by atoms with Gasteiger partial charge < -0.3 is 15.3 Å². The van der Waals surface area contributed by atoms with Gasteiger partial charge >= 0.3 is 0 Å². The minimum absolute atomic E-state index is 0.270. The summed E-state index contributed by atoms with van der Waals surface area (Å²) in [6.07, 6.45) is -0.322. The first-order chi connectivity index (χ1) is 7.99. The highest BCUT2D eigenvalue weighted by atomic mass is 16.3. The summed E-state index contributed by atoms with van der Waals surface area (Å²) in [7, 11) is 3.93. The van der Waals surface area contributed by atoms with Crippen molar-refractivity contribution in [3.05, 3.63) is 35.4 Å². The lowest BCUT2D eigenvalue weighted by Crippen LogP contribution is -2.36. The molecule has 3 nitrogen and oxygen atoms in total. The average Bonchev–Trinajstić information content (AvgIpc) is 2.25. The molecule has 0 saturated heterocycles. The fraction of sp³-hybridized carbons (Fsp3) is 0.571. The van der Waals surface area contributed by atoms with E-state index in [2.05, 4.69) is 43.4 Å². The summed E-state index contributed by atoms with van der Waals surface area (Å²) in [5.41, 5.74) is 2.53. The number of aryl methyl sites for hydroxylation is 1. The number of aliphatic hydroxyl groups excluding tert-OH is 1. The fourth-order valence-corrected chi connectivity index (χ4v) is 1.86. The minimum Gasteiger partial charge on any atom is -0.390 e. The molecule has 96 valence electrons. The maximum atomic E-state index is 9.77. The Hall–Kier alpha value is -0.900. The maximum absolute atomic E-state index is 9.77. The summed E-state index contributed by atoms with van der Waals surface area (Å²) in [5, 5.41) is 13.1. The second-order valence-electron chi connectivity index (χ2n) is 4.96. The second-order valence-corrected chi connectivity index (χ2v) is 4.96. The summed E-state index contributed by atoms with van der Waals surface area (Å²) in [5.74, 6) is 0. The van der Waals surface area contributed by atoms with Crippen LogP contribution in [0, 0.1) is 6.92 Å². The van der Waals surface area contributed by atoms with Crippen LogP contribution in [0.1, 0.15) is 24.1 Å². The van der Waals surface area contributed by atoms with E-state index in [1.807, 2.05) is 19.0 Å². The van der Waals surface area contributed by atoms with Gasteiger partial charge in [-0.1, -0.05) is 29.8 Å². The molecule has 0 aliphatic rings. The van der Waals surface area contributed by atoms with E-state index in [4.69, 9.17) is 0 Å². The number of likely N-dealkylation sites (N-methyl/N-ethyl adjacent to an activating group) is 1. The van der Waals surface area contributed by atoms with Crippen LogP contribution in [0.5, 0.6) is 0 Å². The van der Waals surface area contributed by atoms with Crippen LogP contribution < -0.4 is 5.32 Å². The third-order valence-electron chi connectivity index (χ3n) is 2.78. The number of nitrogens with one attached hydrogen (secondary N) is 1. The van der Waals surface area contributed by atoms with Crippen LogP contribution in [-0.4, -0.2) is 43.3 Å². The molecule has 0 aliphatic heterocycles. The number of hydrogen-bond donors (Lipinski definition) is 2. The van der Waals surface area contributed by atoms with Gasteiger partial charge in [-0.25, -0.2) is 0 Å². The molecule has 0 amide bonds. The molecule has 0 fully saturated rings. The lowest BCUT2D eigenvalue weighted by Gasteiger charge is -2.20. The van der Waals surface area contributed by atoms with Crippen LogP contribution in [0.4, 0.5) is 0 Å². The van der Waals surface area contributed by atoms with E-state index in [1.165, 1.54) is 11.1 Å². The first kappa shape index (κ1) is 14.2. The molecule has 0 saturated carbocycles. The summed E-state index contributed by atoms with van der Waals surface area (Å²) in [6, 6.07) is 8.72. The highest BCUT2D eigenvalue weighted by molar-refractivity contribution is 5.24. The van der Waals surface area contributed by atoms with Gasteiger partial charge in [0.15, 0.2) is 0 Å². The van der Waals surface area contributed by atoms with Crippen LogP contribution in [-0.2, 0) is 0 Å². The Balaban J connectivity index is 2.42. The van der Waals surface area contributed by atoms with Gasteiger partial charge in [0.05, 0.1) is 6.10 Å². The van der Waals surface area contributed by atoms with Crippen molar-refractivity contribution >= 4 is 0 Å². The minimum atomic E-state index is -0.322. The maximum Gasteiger partial charge on any atom is 0.0791 e. The Morgan fingerprint density at radius 1 is 1.35 bits per heavy atom. The average molecular weight is 236 g/mol. The Bertz CT molecular complexity index is 339. The first-order valence-electron chi connectivity index (χ1n) is 6.11. The number of benzene rings is 1. The second kappa shape index (κ2) is 6.74. The van der Waals surface area contributed by atoms with Gasteiger partial charge in [0, 0.05) is 19.1 Å². The van der Waals surface area contributed by atoms with E-state index in [9.17, 15) is 5.11 Å². The van der Waals surface area contributed by atoms with Gasteiger partial charge in [-0.15, -0.1) is 0 Å². The highest BCUT2D eigenvalue weighted by Gasteiger charge is 2.09. The quantitative estimate of drug-likeness (QED) is 0.787. The molecule has 0 unspecified atom stereocenters. The molecule has 17 heavy (non-hydrogen) atoms. The molecule has 0 bridgehead atoms. The molecule has 1 aromatic rings. The number of rotatable bonds is 6. The Morgan fingerprint density at radius 3 is 2.65 bits per heavy atom. The van der Waals surface area contributed by atoms with Gasteiger partial charge in [0.25, 0.3) is 0 Å². The molecule has 0 aliphatic carbocycles. The molecule has 0 aromatic heterocycles. The SMILES string of the molecule is Cc1cccc([C@H](C)NC[C@H](O)CN(C)C)c1. The topological polar surface area (TPSA) is 35.5 Å². The largest absolute Gasteiger partial charge is 0.390 e. The predicted molar refractivity (Wildman–Crippen MR) is 72.2 cm³/mol. The van der Waals surface area contributed by atoms with Crippen molar-refractivity contribution in [2.75, 3.05) is 27.2 Å². The van der Waals surface area contributed by atoms with Crippen molar-refractivity contribution in [2.45, 2.75) is 26.0 Å². The number of aliphatic hydroxyl groups is 1. The van der Waals surface area contributed by atoms with Crippen molar-refractivity contribution in [3.8, 4) is 0 Å². The van der Waals surface area contributed by atoms with Crippen molar-refractivity contribution in [2.24, 2.45) is 0 Å². The van der Waals surface area contributed by atoms with Gasteiger partial charge in [-0.2, -0.15) is 0 Å². The van der Waals surface area contributed by atoms with E-state index >= 15 is 0 Å². The monoisotopic (exact) mass is 236 g/mol. The van der Waals surface area contributed by atoms with Crippen molar-refractivity contribution < 1.29 is 5.11 Å². The molecule has 0 radical (unpaired) electrons. The third-order valence-corrected chi connectivity index (χ3v) is 2.78. The molecular formula is C14H24N2O. The summed E-state index contributed by atoms with van der Waals surface area (Å²) in [4.78, 5) is 1.99. The highest BCUT2D eigenvalue weighted by Crippen LogP contribution is 2.13. The first-order valence-corrected chi connectivity index (χ1v) is 6.11. The van der Waals surface area contributed by atoms with Crippen molar-refractivity contribution in [3.63, 3.8) is 0 Å². The van der Waals surface area contributed by atoms with Crippen molar-refractivity contribution in [1.29, 1.82) is 0 Å². The molecule has 3 heteroatoms. The number of hydrogen-bond acceptors (Lipinski definition) is 3. The zero-order chi connectivity index (χ0) is 12.8. The zero-order valence-electron chi connectivity index (χ0n) is 11.3. The zero-order valence-corrected chi connectivity index (χ0v) is 11.3. The normalized spacial score (nSPS) is 14.9. The Labute approximate surface area is 104 Å². The van der Waals surface area contributed by atoms with Crippen LogP contribution in [0.2, 0.25) is 0 Å². The molecular weight excluding hydrogens is 212 g/mol. The number of nitrogens with zero attached hydrogens (tertiary/aromatic N) is 1. The summed E-state index contributed by atoms with van der Waals surface area (Å²) >= 11 is 0. The van der Waals surface area contributed by atoms with Gasteiger partial charge in [0.1, 0.15) is 0 Å². The van der Waals surface area contributed by atoms with E-state index in [1.54, 1.807) is 0 Å². The smallest absolute Gasteiger partial charge is 0.0791 e. The molecule has 2 N–H and O–H groups in total. The molecule has 0 spiro atoms. The lowest BCUT2D eigenvalue weighted by atomic mass is 10.1. The lowest BCUT2D eigenvalue weighted by molar-refractivity contribution is 0.132. The van der Waals surface area contributed by atoms with Gasteiger partial charge in [0.2, 0.25) is 0 Å². The molecule has 1 rings (SSSR count). The van der Waals surface area contributed by atoms with E-state index in [-0.39, 0.29) is 12.1 Å². The Kier molecular flexibility index (Phi) is 5.62. The van der Waals surface area contributed by atoms with Crippen LogP contribution in [0.25, 0.3) is 0 Å². The van der Waals surface area contributed by atoms with Crippen LogP contribution >= 0.6 is 0 Å². The van der Waals surface area contributed by atoms with E-state index in [0.717, 1.165) is 0 Å². The van der Waals surface area contributed by atoms with E-state index in [0.29, 0.717) is 13.1 Å².